The second-order valence-corrected chi connectivity index (χ2v) is 3.29. The molecule has 0 amide bonds. The molecule has 0 aliphatic rings. The summed E-state index contributed by atoms with van der Waals surface area (Å²) < 4.78 is 6.68. The van der Waals surface area contributed by atoms with E-state index in [1.165, 1.54) is 4.57 Å². The monoisotopic (exact) mass is 206 g/mol. The predicted molar refractivity (Wildman–Crippen MR) is 56.6 cm³/mol. The fourth-order valence-electron chi connectivity index (χ4n) is 1.26. The van der Waals surface area contributed by atoms with Gasteiger partial charge in [0.2, 0.25) is 0 Å². The zero-order valence-electron chi connectivity index (χ0n) is 8.93. The van der Waals surface area contributed by atoms with Crippen molar-refractivity contribution in [3.63, 3.8) is 0 Å². The molecule has 1 heterocycles. The second kappa shape index (κ2) is 5.20. The van der Waals surface area contributed by atoms with E-state index in [0.717, 1.165) is 0 Å². The molecule has 0 fully saturated rings. The van der Waals surface area contributed by atoms with Crippen molar-refractivity contribution in [1.82, 2.24) is 4.57 Å². The van der Waals surface area contributed by atoms with Crippen molar-refractivity contribution in [2.24, 2.45) is 5.92 Å². The summed E-state index contributed by atoms with van der Waals surface area (Å²) in [5, 5.41) is 8.66. The van der Waals surface area contributed by atoms with Crippen molar-refractivity contribution in [2.45, 2.75) is 20.4 Å². The van der Waals surface area contributed by atoms with E-state index < -0.39 is 0 Å². The van der Waals surface area contributed by atoms with E-state index in [1.807, 2.05) is 6.92 Å². The Kier molecular flexibility index (Phi) is 3.92. The van der Waals surface area contributed by atoms with Gasteiger partial charge in [0.05, 0.1) is 18.6 Å². The summed E-state index contributed by atoms with van der Waals surface area (Å²) in [4.78, 5) is 11.7. The Morgan fingerprint density at radius 3 is 3.00 bits per heavy atom. The van der Waals surface area contributed by atoms with Gasteiger partial charge in [0.1, 0.15) is 0 Å². The SMILES string of the molecule is CCOc1cccn(CC(C)C#N)c1=O. The molecule has 0 bridgehead atoms. The van der Waals surface area contributed by atoms with E-state index in [9.17, 15) is 4.79 Å². The van der Waals surface area contributed by atoms with Crippen LogP contribution in [-0.4, -0.2) is 11.2 Å². The first-order valence-corrected chi connectivity index (χ1v) is 4.91. The Morgan fingerprint density at radius 1 is 1.67 bits per heavy atom. The molecule has 1 aromatic rings. The van der Waals surface area contributed by atoms with E-state index in [1.54, 1.807) is 25.3 Å². The standard InChI is InChI=1S/C11H14N2O2/c1-3-15-10-5-4-6-13(11(10)14)8-9(2)7-12/h4-6,9H,3,8H2,1-2H3. The topological polar surface area (TPSA) is 55.0 Å². The van der Waals surface area contributed by atoms with Crippen LogP contribution in [0.15, 0.2) is 23.1 Å². The van der Waals surface area contributed by atoms with Gasteiger partial charge in [0.15, 0.2) is 5.75 Å². The molecule has 0 aromatic carbocycles. The number of hydrogen-bond acceptors (Lipinski definition) is 3. The van der Waals surface area contributed by atoms with Gasteiger partial charge in [-0.05, 0) is 26.0 Å². The molecule has 0 saturated carbocycles. The maximum Gasteiger partial charge on any atom is 0.292 e. The number of nitrogens with zero attached hydrogens (tertiary/aromatic N) is 2. The van der Waals surface area contributed by atoms with Gasteiger partial charge in [0, 0.05) is 12.7 Å². The number of nitriles is 1. The number of pyridine rings is 1. The van der Waals surface area contributed by atoms with E-state index in [-0.39, 0.29) is 11.5 Å². The van der Waals surface area contributed by atoms with Gasteiger partial charge >= 0.3 is 0 Å². The third-order valence-corrected chi connectivity index (χ3v) is 1.98. The Morgan fingerprint density at radius 2 is 2.40 bits per heavy atom. The summed E-state index contributed by atoms with van der Waals surface area (Å²) in [7, 11) is 0. The molecule has 15 heavy (non-hydrogen) atoms. The lowest BCUT2D eigenvalue weighted by atomic mass is 10.2. The number of ether oxygens (including phenoxy) is 1. The van der Waals surface area contributed by atoms with Crippen molar-refractivity contribution in [3.05, 3.63) is 28.7 Å². The first kappa shape index (κ1) is 11.3. The lowest BCUT2D eigenvalue weighted by molar-refractivity contribution is 0.331. The summed E-state index contributed by atoms with van der Waals surface area (Å²) in [6.07, 6.45) is 1.67. The van der Waals surface area contributed by atoms with Crippen LogP contribution >= 0.6 is 0 Å². The summed E-state index contributed by atoms with van der Waals surface area (Å²) in [5.41, 5.74) is -0.179. The molecule has 1 rings (SSSR count). The molecule has 80 valence electrons. The van der Waals surface area contributed by atoms with Gasteiger partial charge in [-0.15, -0.1) is 0 Å². The van der Waals surface area contributed by atoms with Crippen LogP contribution in [0.2, 0.25) is 0 Å². The second-order valence-electron chi connectivity index (χ2n) is 3.29. The van der Waals surface area contributed by atoms with E-state index >= 15 is 0 Å². The van der Waals surface area contributed by atoms with E-state index in [2.05, 4.69) is 6.07 Å². The first-order valence-electron chi connectivity index (χ1n) is 4.91. The van der Waals surface area contributed by atoms with Crippen LogP contribution in [0.25, 0.3) is 0 Å². The van der Waals surface area contributed by atoms with Gasteiger partial charge in [-0.1, -0.05) is 0 Å². The van der Waals surface area contributed by atoms with Gasteiger partial charge in [0.25, 0.3) is 5.56 Å². The lowest BCUT2D eigenvalue weighted by Crippen LogP contribution is -2.23. The lowest BCUT2D eigenvalue weighted by Gasteiger charge is -2.08. The number of rotatable bonds is 4. The normalized spacial score (nSPS) is 11.8. The average Bonchev–Trinajstić information content (AvgIpc) is 2.24. The van der Waals surface area contributed by atoms with Crippen LogP contribution in [0.3, 0.4) is 0 Å². The highest BCUT2D eigenvalue weighted by Gasteiger charge is 2.06. The number of hydrogen-bond donors (Lipinski definition) is 0. The van der Waals surface area contributed by atoms with Crippen LogP contribution in [0.5, 0.6) is 5.75 Å². The van der Waals surface area contributed by atoms with E-state index in [0.29, 0.717) is 18.9 Å². The average molecular weight is 206 g/mol. The molecule has 0 radical (unpaired) electrons. The largest absolute Gasteiger partial charge is 0.488 e. The Hall–Kier alpha value is -1.76. The predicted octanol–water partition coefficient (Wildman–Crippen LogP) is 1.41. The molecule has 0 aliphatic carbocycles. The minimum Gasteiger partial charge on any atom is -0.488 e. The summed E-state index contributed by atoms with van der Waals surface area (Å²) in [6, 6.07) is 5.48. The molecule has 0 N–H and O–H groups in total. The molecular weight excluding hydrogens is 192 g/mol. The van der Waals surface area contributed by atoms with Crippen LogP contribution < -0.4 is 10.3 Å². The van der Waals surface area contributed by atoms with Crippen molar-refractivity contribution >= 4 is 0 Å². The highest BCUT2D eigenvalue weighted by Crippen LogP contribution is 2.03. The Balaban J connectivity index is 2.95. The maximum atomic E-state index is 11.7. The van der Waals surface area contributed by atoms with Crippen LogP contribution in [0.1, 0.15) is 13.8 Å². The molecule has 4 nitrogen and oxygen atoms in total. The minimum absolute atomic E-state index is 0.179. The Bertz CT molecular complexity index is 417. The van der Waals surface area contributed by atoms with Crippen LogP contribution in [-0.2, 0) is 6.54 Å². The zero-order valence-corrected chi connectivity index (χ0v) is 8.93. The van der Waals surface area contributed by atoms with Gasteiger partial charge in [-0.25, -0.2) is 0 Å². The third kappa shape index (κ3) is 2.84. The van der Waals surface area contributed by atoms with Gasteiger partial charge < -0.3 is 9.30 Å². The van der Waals surface area contributed by atoms with Crippen molar-refractivity contribution in [1.29, 1.82) is 5.26 Å². The zero-order chi connectivity index (χ0) is 11.3. The molecule has 1 atom stereocenters. The highest BCUT2D eigenvalue weighted by molar-refractivity contribution is 5.17. The third-order valence-electron chi connectivity index (χ3n) is 1.98. The Labute approximate surface area is 88.7 Å². The van der Waals surface area contributed by atoms with Gasteiger partial charge in [-0.2, -0.15) is 5.26 Å². The molecular formula is C11H14N2O2. The maximum absolute atomic E-state index is 11.7. The highest BCUT2D eigenvalue weighted by atomic mass is 16.5. The fraction of sp³-hybridized carbons (Fsp3) is 0.455. The quantitative estimate of drug-likeness (QED) is 0.748. The first-order chi connectivity index (χ1) is 7.19. The van der Waals surface area contributed by atoms with Crippen LogP contribution in [0.4, 0.5) is 0 Å². The summed E-state index contributed by atoms with van der Waals surface area (Å²) in [5.74, 6) is 0.157. The van der Waals surface area contributed by atoms with Gasteiger partial charge in [-0.3, -0.25) is 4.79 Å². The molecule has 0 saturated heterocycles. The molecule has 4 heteroatoms. The molecule has 0 spiro atoms. The minimum atomic E-state index is -0.181. The molecule has 1 aromatic heterocycles. The van der Waals surface area contributed by atoms with Crippen molar-refractivity contribution in [3.8, 4) is 11.8 Å². The fourth-order valence-corrected chi connectivity index (χ4v) is 1.26. The van der Waals surface area contributed by atoms with Crippen molar-refractivity contribution in [2.75, 3.05) is 6.61 Å². The molecule has 0 aliphatic heterocycles. The summed E-state index contributed by atoms with van der Waals surface area (Å²) in [6.45, 7) is 4.47. The van der Waals surface area contributed by atoms with E-state index in [4.69, 9.17) is 10.00 Å². The molecule has 1 unspecified atom stereocenters. The summed E-state index contributed by atoms with van der Waals surface area (Å²) >= 11 is 0. The smallest absolute Gasteiger partial charge is 0.292 e. The van der Waals surface area contributed by atoms with Crippen molar-refractivity contribution < 1.29 is 4.74 Å². The van der Waals surface area contributed by atoms with Crippen LogP contribution in [0, 0.1) is 17.2 Å². The number of aromatic nitrogens is 1.